The third-order valence-electron chi connectivity index (χ3n) is 3.67. The number of rotatable bonds is 6. The van der Waals surface area contributed by atoms with Crippen LogP contribution in [0.4, 0.5) is 5.82 Å². The minimum atomic E-state index is 0.460. The molecule has 0 amide bonds. The molecule has 1 heterocycles. The lowest BCUT2D eigenvalue weighted by Gasteiger charge is -2.16. The van der Waals surface area contributed by atoms with Crippen molar-refractivity contribution in [3.05, 3.63) is 41.6 Å². The van der Waals surface area contributed by atoms with Crippen molar-refractivity contribution in [2.45, 2.75) is 18.9 Å². The average molecular weight is 303 g/mol. The highest BCUT2D eigenvalue weighted by molar-refractivity contribution is 6.29. The second-order valence-electron chi connectivity index (χ2n) is 5.40. The lowest BCUT2D eigenvalue weighted by atomic mass is 10.2. The Labute approximate surface area is 130 Å². The minimum absolute atomic E-state index is 0.460. The summed E-state index contributed by atoms with van der Waals surface area (Å²) >= 11 is 6.10. The van der Waals surface area contributed by atoms with Crippen LogP contribution in [0.5, 0.6) is 0 Å². The van der Waals surface area contributed by atoms with E-state index in [1.54, 1.807) is 6.07 Å². The molecule has 0 radical (unpaired) electrons. The van der Waals surface area contributed by atoms with Crippen LogP contribution in [0.2, 0.25) is 5.15 Å². The molecule has 1 aromatic heterocycles. The van der Waals surface area contributed by atoms with E-state index < -0.39 is 0 Å². The van der Waals surface area contributed by atoms with Crippen LogP contribution in [0, 0.1) is 0 Å². The lowest BCUT2D eigenvalue weighted by Crippen LogP contribution is -2.27. The van der Waals surface area contributed by atoms with Crippen LogP contribution in [-0.2, 0) is 0 Å². The average Bonchev–Trinajstić information content (AvgIpc) is 3.32. The van der Waals surface area contributed by atoms with Crippen LogP contribution in [0.15, 0.2) is 36.4 Å². The van der Waals surface area contributed by atoms with Crippen molar-refractivity contribution in [1.82, 2.24) is 14.9 Å². The molecule has 1 fully saturated rings. The summed E-state index contributed by atoms with van der Waals surface area (Å²) in [7, 11) is 2.17. The Morgan fingerprint density at radius 2 is 2.00 bits per heavy atom. The molecular formula is C16H19ClN4. The van der Waals surface area contributed by atoms with Gasteiger partial charge in [0.05, 0.1) is 0 Å². The van der Waals surface area contributed by atoms with Gasteiger partial charge in [0.25, 0.3) is 0 Å². The Morgan fingerprint density at radius 1 is 1.24 bits per heavy atom. The van der Waals surface area contributed by atoms with Crippen molar-refractivity contribution in [2.24, 2.45) is 0 Å². The van der Waals surface area contributed by atoms with E-state index in [2.05, 4.69) is 27.2 Å². The van der Waals surface area contributed by atoms with E-state index in [1.165, 1.54) is 12.8 Å². The van der Waals surface area contributed by atoms with Crippen LogP contribution in [0.1, 0.15) is 12.8 Å². The number of aromatic nitrogens is 2. The summed E-state index contributed by atoms with van der Waals surface area (Å²) in [6.45, 7) is 1.86. The van der Waals surface area contributed by atoms with Gasteiger partial charge in [0.15, 0.2) is 5.82 Å². The maximum Gasteiger partial charge on any atom is 0.163 e. The Kier molecular flexibility index (Phi) is 4.36. The van der Waals surface area contributed by atoms with Gasteiger partial charge in [0, 0.05) is 30.8 Å². The molecule has 0 atom stereocenters. The zero-order valence-corrected chi connectivity index (χ0v) is 12.8. The van der Waals surface area contributed by atoms with Crippen molar-refractivity contribution in [1.29, 1.82) is 0 Å². The van der Waals surface area contributed by atoms with Gasteiger partial charge >= 0.3 is 0 Å². The summed E-state index contributed by atoms with van der Waals surface area (Å²) in [5, 5.41) is 3.79. The van der Waals surface area contributed by atoms with Gasteiger partial charge in [-0.2, -0.15) is 0 Å². The van der Waals surface area contributed by atoms with Gasteiger partial charge in [-0.1, -0.05) is 41.9 Å². The number of anilines is 1. The lowest BCUT2D eigenvalue weighted by molar-refractivity contribution is 0.337. The molecule has 0 spiro atoms. The second-order valence-corrected chi connectivity index (χ2v) is 5.79. The maximum absolute atomic E-state index is 6.10. The molecular weight excluding hydrogens is 284 g/mol. The molecule has 1 saturated carbocycles. The van der Waals surface area contributed by atoms with Crippen molar-refractivity contribution < 1.29 is 0 Å². The Hall–Kier alpha value is -1.65. The number of hydrogen-bond acceptors (Lipinski definition) is 4. The molecule has 0 aliphatic heterocycles. The smallest absolute Gasteiger partial charge is 0.163 e. The third kappa shape index (κ3) is 3.93. The highest BCUT2D eigenvalue weighted by atomic mass is 35.5. The molecule has 5 heteroatoms. The zero-order valence-electron chi connectivity index (χ0n) is 12.1. The Balaban J connectivity index is 1.66. The molecule has 1 aliphatic rings. The van der Waals surface area contributed by atoms with Gasteiger partial charge in [0.2, 0.25) is 0 Å². The van der Waals surface area contributed by atoms with Crippen LogP contribution in [0.3, 0.4) is 0 Å². The van der Waals surface area contributed by atoms with Crippen molar-refractivity contribution in [3.8, 4) is 11.4 Å². The first-order valence-electron chi connectivity index (χ1n) is 7.26. The topological polar surface area (TPSA) is 41.0 Å². The fourth-order valence-electron chi connectivity index (χ4n) is 2.28. The van der Waals surface area contributed by atoms with E-state index in [4.69, 9.17) is 11.6 Å². The second kappa shape index (κ2) is 6.41. The van der Waals surface area contributed by atoms with Crippen LogP contribution >= 0.6 is 11.6 Å². The number of likely N-dealkylation sites (N-methyl/N-ethyl adjacent to an activating group) is 1. The fourth-order valence-corrected chi connectivity index (χ4v) is 2.47. The Bertz CT molecular complexity index is 598. The predicted molar refractivity (Wildman–Crippen MR) is 86.6 cm³/mol. The van der Waals surface area contributed by atoms with Crippen LogP contribution in [0.25, 0.3) is 11.4 Å². The zero-order chi connectivity index (χ0) is 14.7. The fraction of sp³-hybridized carbons (Fsp3) is 0.375. The molecule has 2 aromatic rings. The predicted octanol–water partition coefficient (Wildman–Crippen LogP) is 3.30. The van der Waals surface area contributed by atoms with Gasteiger partial charge < -0.3 is 10.2 Å². The molecule has 0 bridgehead atoms. The summed E-state index contributed by atoms with van der Waals surface area (Å²) in [6.07, 6.45) is 2.65. The highest BCUT2D eigenvalue weighted by Gasteiger charge is 2.25. The first kappa shape index (κ1) is 14.3. The molecule has 110 valence electrons. The highest BCUT2D eigenvalue weighted by Crippen LogP contribution is 2.25. The molecule has 4 nitrogen and oxygen atoms in total. The summed E-state index contributed by atoms with van der Waals surface area (Å²) in [6, 6.07) is 12.4. The van der Waals surface area contributed by atoms with E-state index >= 15 is 0 Å². The molecule has 1 aromatic carbocycles. The largest absolute Gasteiger partial charge is 0.369 e. The van der Waals surface area contributed by atoms with Crippen LogP contribution in [-0.4, -0.2) is 41.0 Å². The molecule has 1 N–H and O–H groups in total. The van der Waals surface area contributed by atoms with Crippen molar-refractivity contribution in [2.75, 3.05) is 25.5 Å². The van der Waals surface area contributed by atoms with Crippen LogP contribution < -0.4 is 5.32 Å². The first-order valence-corrected chi connectivity index (χ1v) is 7.64. The number of hydrogen-bond donors (Lipinski definition) is 1. The molecule has 0 saturated heterocycles. The van der Waals surface area contributed by atoms with Gasteiger partial charge in [-0.15, -0.1) is 0 Å². The summed E-state index contributed by atoms with van der Waals surface area (Å²) in [4.78, 5) is 11.2. The summed E-state index contributed by atoms with van der Waals surface area (Å²) < 4.78 is 0. The normalized spacial score (nSPS) is 14.4. The molecule has 3 rings (SSSR count). The summed E-state index contributed by atoms with van der Waals surface area (Å²) in [5.74, 6) is 1.43. The van der Waals surface area contributed by atoms with E-state index in [-0.39, 0.29) is 0 Å². The number of nitrogens with zero attached hydrogens (tertiary/aromatic N) is 3. The maximum atomic E-state index is 6.10. The molecule has 21 heavy (non-hydrogen) atoms. The number of benzene rings is 1. The third-order valence-corrected chi connectivity index (χ3v) is 3.86. The minimum Gasteiger partial charge on any atom is -0.369 e. The van der Waals surface area contributed by atoms with Crippen molar-refractivity contribution >= 4 is 17.4 Å². The van der Waals surface area contributed by atoms with Gasteiger partial charge in [-0.25, -0.2) is 9.97 Å². The van der Waals surface area contributed by atoms with E-state index in [0.29, 0.717) is 11.0 Å². The van der Waals surface area contributed by atoms with E-state index in [0.717, 1.165) is 30.5 Å². The van der Waals surface area contributed by atoms with Gasteiger partial charge in [-0.05, 0) is 19.9 Å². The van der Waals surface area contributed by atoms with Crippen molar-refractivity contribution in [3.63, 3.8) is 0 Å². The first-order chi connectivity index (χ1) is 10.2. The summed E-state index contributed by atoms with van der Waals surface area (Å²) in [5.41, 5.74) is 0.971. The SMILES string of the molecule is CN(CCNc1cc(Cl)nc(-c2ccccc2)n1)C1CC1. The quantitative estimate of drug-likeness (QED) is 0.831. The van der Waals surface area contributed by atoms with Gasteiger partial charge in [-0.3, -0.25) is 0 Å². The molecule has 1 aliphatic carbocycles. The molecule has 0 unspecified atom stereocenters. The number of halogens is 1. The standard InChI is InChI=1S/C16H19ClN4/c1-21(13-7-8-13)10-9-18-15-11-14(17)19-16(20-15)12-5-3-2-4-6-12/h2-6,11,13H,7-10H2,1H3,(H,18,19,20). The Morgan fingerprint density at radius 3 is 2.71 bits per heavy atom. The monoisotopic (exact) mass is 302 g/mol. The van der Waals surface area contributed by atoms with E-state index in [1.807, 2.05) is 30.3 Å². The van der Waals surface area contributed by atoms with E-state index in [9.17, 15) is 0 Å². The number of nitrogens with one attached hydrogen (secondary N) is 1. The van der Waals surface area contributed by atoms with Gasteiger partial charge in [0.1, 0.15) is 11.0 Å².